The van der Waals surface area contributed by atoms with E-state index in [2.05, 4.69) is 0 Å². The lowest BCUT2D eigenvalue weighted by molar-refractivity contribution is -0.108. The molecule has 2 aromatic carbocycles. The lowest BCUT2D eigenvalue weighted by atomic mass is 10.0. The van der Waals surface area contributed by atoms with E-state index in [1.165, 1.54) is 0 Å². The SMILES string of the molecule is CC(=O)c1ccc2c(c1)c1c3c(ccc1n2CC=O)C(=O)CC3. The molecule has 3 aromatic rings. The number of carbonyl (C=O) groups excluding carboxylic acids is 3. The Labute approximate surface area is 132 Å². The second kappa shape index (κ2) is 4.88. The number of hydrogen-bond acceptors (Lipinski definition) is 3. The maximum atomic E-state index is 12.0. The van der Waals surface area contributed by atoms with Crippen LogP contribution in [0.15, 0.2) is 30.3 Å². The van der Waals surface area contributed by atoms with Crippen molar-refractivity contribution in [3.8, 4) is 0 Å². The zero-order valence-electron chi connectivity index (χ0n) is 12.8. The van der Waals surface area contributed by atoms with Gasteiger partial charge in [-0.1, -0.05) is 0 Å². The molecule has 0 fully saturated rings. The van der Waals surface area contributed by atoms with Crippen molar-refractivity contribution in [2.45, 2.75) is 26.3 Å². The van der Waals surface area contributed by atoms with E-state index in [1.807, 2.05) is 28.8 Å². The van der Waals surface area contributed by atoms with Crippen LogP contribution in [-0.4, -0.2) is 22.4 Å². The van der Waals surface area contributed by atoms with Gasteiger partial charge in [0.15, 0.2) is 11.6 Å². The summed E-state index contributed by atoms with van der Waals surface area (Å²) in [5, 5.41) is 1.95. The fourth-order valence-corrected chi connectivity index (χ4v) is 3.65. The molecule has 23 heavy (non-hydrogen) atoms. The molecule has 0 atom stereocenters. The molecule has 1 aliphatic rings. The van der Waals surface area contributed by atoms with Crippen LogP contribution in [0, 0.1) is 0 Å². The molecular weight excluding hydrogens is 290 g/mol. The van der Waals surface area contributed by atoms with Crippen LogP contribution < -0.4 is 0 Å². The largest absolute Gasteiger partial charge is 0.333 e. The highest BCUT2D eigenvalue weighted by molar-refractivity contribution is 6.16. The summed E-state index contributed by atoms with van der Waals surface area (Å²) in [6.07, 6.45) is 2.12. The minimum absolute atomic E-state index is 0.00633. The number of fused-ring (bicyclic) bond motifs is 5. The van der Waals surface area contributed by atoms with Gasteiger partial charge in [-0.25, -0.2) is 0 Å². The van der Waals surface area contributed by atoms with Crippen LogP contribution in [-0.2, 0) is 17.8 Å². The van der Waals surface area contributed by atoms with Gasteiger partial charge in [0.05, 0.1) is 6.54 Å². The lowest BCUT2D eigenvalue weighted by Gasteiger charge is -2.03. The average molecular weight is 305 g/mol. The standard InChI is InChI=1S/C19H15NO3/c1-11(22)12-2-5-16-15(10-12)19-14-4-7-18(23)13(14)3-6-17(19)20(16)8-9-21/h2-3,5-6,9-10H,4,7-8H2,1H3. The normalized spacial score (nSPS) is 13.7. The molecule has 1 heterocycles. The fourth-order valence-electron chi connectivity index (χ4n) is 3.65. The van der Waals surface area contributed by atoms with Gasteiger partial charge >= 0.3 is 0 Å². The Balaban J connectivity index is 2.19. The number of hydrogen-bond donors (Lipinski definition) is 0. The van der Waals surface area contributed by atoms with E-state index >= 15 is 0 Å². The third-order valence-electron chi connectivity index (χ3n) is 4.70. The molecule has 0 aliphatic heterocycles. The Morgan fingerprint density at radius 3 is 2.70 bits per heavy atom. The summed E-state index contributed by atoms with van der Waals surface area (Å²) in [4.78, 5) is 34.9. The second-order valence-corrected chi connectivity index (χ2v) is 5.97. The van der Waals surface area contributed by atoms with Gasteiger partial charge in [-0.15, -0.1) is 0 Å². The molecule has 4 heteroatoms. The van der Waals surface area contributed by atoms with Crippen LogP contribution in [0.1, 0.15) is 39.6 Å². The van der Waals surface area contributed by atoms with E-state index in [9.17, 15) is 14.4 Å². The van der Waals surface area contributed by atoms with Crippen molar-refractivity contribution in [1.29, 1.82) is 0 Å². The molecule has 0 spiro atoms. The second-order valence-electron chi connectivity index (χ2n) is 5.97. The molecule has 4 rings (SSSR count). The average Bonchev–Trinajstić information content (AvgIpc) is 3.06. The van der Waals surface area contributed by atoms with Crippen molar-refractivity contribution in [3.63, 3.8) is 0 Å². The van der Waals surface area contributed by atoms with Crippen LogP contribution in [0.4, 0.5) is 0 Å². The van der Waals surface area contributed by atoms with Crippen molar-refractivity contribution in [2.24, 2.45) is 0 Å². The molecule has 0 radical (unpaired) electrons. The summed E-state index contributed by atoms with van der Waals surface area (Å²) < 4.78 is 1.95. The Hall–Kier alpha value is -2.75. The smallest absolute Gasteiger partial charge is 0.163 e. The topological polar surface area (TPSA) is 56.1 Å². The Bertz CT molecular complexity index is 1010. The van der Waals surface area contributed by atoms with Crippen molar-refractivity contribution in [3.05, 3.63) is 47.0 Å². The first-order valence-corrected chi connectivity index (χ1v) is 7.67. The number of aldehydes is 1. The Morgan fingerprint density at radius 2 is 1.96 bits per heavy atom. The van der Waals surface area contributed by atoms with Crippen LogP contribution in [0.3, 0.4) is 0 Å². The van der Waals surface area contributed by atoms with Gasteiger partial charge < -0.3 is 9.36 Å². The predicted octanol–water partition coefficient (Wildman–Crippen LogP) is 3.32. The number of ketones is 2. The first kappa shape index (κ1) is 13.9. The maximum Gasteiger partial charge on any atom is 0.163 e. The first-order valence-electron chi connectivity index (χ1n) is 7.67. The highest BCUT2D eigenvalue weighted by Crippen LogP contribution is 2.37. The summed E-state index contributed by atoms with van der Waals surface area (Å²) >= 11 is 0. The van der Waals surface area contributed by atoms with Gasteiger partial charge in [0.25, 0.3) is 0 Å². The molecule has 0 saturated heterocycles. The van der Waals surface area contributed by atoms with E-state index in [-0.39, 0.29) is 18.1 Å². The number of nitrogens with zero attached hydrogens (tertiary/aromatic N) is 1. The van der Waals surface area contributed by atoms with E-state index in [1.54, 1.807) is 13.0 Å². The number of Topliss-reactive ketones (excluding diaryl/α,β-unsaturated/α-hetero) is 2. The number of rotatable bonds is 3. The van der Waals surface area contributed by atoms with Gasteiger partial charge in [-0.3, -0.25) is 9.59 Å². The third kappa shape index (κ3) is 1.88. The van der Waals surface area contributed by atoms with Crippen LogP contribution in [0.25, 0.3) is 21.8 Å². The molecule has 1 aliphatic carbocycles. The van der Waals surface area contributed by atoms with Crippen LogP contribution in [0.2, 0.25) is 0 Å². The van der Waals surface area contributed by atoms with Crippen molar-refractivity contribution >= 4 is 39.7 Å². The quantitative estimate of drug-likeness (QED) is 0.551. The van der Waals surface area contributed by atoms with Crippen LogP contribution >= 0.6 is 0 Å². The number of carbonyl (C=O) groups is 3. The Kier molecular flexibility index (Phi) is 2.94. The summed E-state index contributed by atoms with van der Waals surface area (Å²) in [5.74, 6) is 0.174. The minimum atomic E-state index is 0.00633. The summed E-state index contributed by atoms with van der Waals surface area (Å²) in [7, 11) is 0. The minimum Gasteiger partial charge on any atom is -0.333 e. The maximum absolute atomic E-state index is 12.0. The Morgan fingerprint density at radius 1 is 1.17 bits per heavy atom. The van der Waals surface area contributed by atoms with Gasteiger partial charge in [0, 0.05) is 39.4 Å². The molecule has 0 saturated carbocycles. The lowest BCUT2D eigenvalue weighted by Crippen LogP contribution is -1.99. The zero-order chi connectivity index (χ0) is 16.1. The molecule has 0 amide bonds. The fraction of sp³-hybridized carbons (Fsp3) is 0.211. The van der Waals surface area contributed by atoms with Crippen molar-refractivity contribution in [1.82, 2.24) is 4.57 Å². The van der Waals surface area contributed by atoms with Gasteiger partial charge in [-0.05, 0) is 49.2 Å². The molecule has 0 bridgehead atoms. The van der Waals surface area contributed by atoms with E-state index in [0.29, 0.717) is 12.0 Å². The molecule has 0 unspecified atom stereocenters. The van der Waals surface area contributed by atoms with Gasteiger partial charge in [0.1, 0.15) is 6.29 Å². The number of aryl methyl sites for hydroxylation is 1. The summed E-state index contributed by atoms with van der Waals surface area (Å²) in [5.41, 5.74) is 4.33. The molecular formula is C19H15NO3. The molecule has 4 nitrogen and oxygen atoms in total. The monoisotopic (exact) mass is 305 g/mol. The molecule has 0 N–H and O–H groups in total. The predicted molar refractivity (Wildman–Crippen MR) is 88.2 cm³/mol. The first-order chi connectivity index (χ1) is 11.1. The van der Waals surface area contributed by atoms with Gasteiger partial charge in [-0.2, -0.15) is 0 Å². The summed E-state index contributed by atoms with van der Waals surface area (Å²) in [6.45, 7) is 1.80. The zero-order valence-corrected chi connectivity index (χ0v) is 12.8. The summed E-state index contributed by atoms with van der Waals surface area (Å²) in [6, 6.07) is 9.33. The van der Waals surface area contributed by atoms with Crippen LogP contribution in [0.5, 0.6) is 0 Å². The van der Waals surface area contributed by atoms with E-state index in [4.69, 9.17) is 0 Å². The van der Waals surface area contributed by atoms with Gasteiger partial charge in [0.2, 0.25) is 0 Å². The highest BCUT2D eigenvalue weighted by atomic mass is 16.1. The van der Waals surface area contributed by atoms with E-state index in [0.717, 1.165) is 45.6 Å². The van der Waals surface area contributed by atoms with Crippen molar-refractivity contribution < 1.29 is 14.4 Å². The third-order valence-corrected chi connectivity index (χ3v) is 4.70. The number of benzene rings is 2. The highest BCUT2D eigenvalue weighted by Gasteiger charge is 2.24. The molecule has 1 aromatic heterocycles. The number of aromatic nitrogens is 1. The van der Waals surface area contributed by atoms with E-state index < -0.39 is 0 Å². The van der Waals surface area contributed by atoms with Crippen molar-refractivity contribution in [2.75, 3.05) is 0 Å². The molecule has 114 valence electrons.